The second kappa shape index (κ2) is 2.59. The molecule has 1 aromatic heterocycles. The minimum atomic E-state index is -3.56. The molecule has 11 heavy (non-hydrogen) atoms. The predicted octanol–water partition coefficient (Wildman–Crippen LogP) is -0.833. The Morgan fingerprint density at radius 3 is 2.55 bits per heavy atom. The molecule has 0 atom stereocenters. The SMILES string of the molecule is Cc1nnc(CS(N)(=O)=O)o1. The maximum atomic E-state index is 10.5. The number of rotatable bonds is 2. The number of sulfonamides is 1. The van der Waals surface area contributed by atoms with Gasteiger partial charge in [0.15, 0.2) is 0 Å². The van der Waals surface area contributed by atoms with Crippen LogP contribution in [0.15, 0.2) is 4.42 Å². The highest BCUT2D eigenvalue weighted by molar-refractivity contribution is 7.88. The molecule has 0 amide bonds. The monoisotopic (exact) mass is 177 g/mol. The van der Waals surface area contributed by atoms with Gasteiger partial charge in [0.05, 0.1) is 0 Å². The van der Waals surface area contributed by atoms with Crippen LogP contribution in [-0.2, 0) is 15.8 Å². The summed E-state index contributed by atoms with van der Waals surface area (Å²) < 4.78 is 25.7. The molecule has 6 nitrogen and oxygen atoms in total. The molecule has 0 aliphatic rings. The van der Waals surface area contributed by atoms with E-state index in [1.807, 2.05) is 0 Å². The summed E-state index contributed by atoms with van der Waals surface area (Å²) in [6.07, 6.45) is 0. The van der Waals surface area contributed by atoms with Crippen molar-refractivity contribution in [1.29, 1.82) is 0 Å². The first-order chi connectivity index (χ1) is 4.97. The van der Waals surface area contributed by atoms with Crippen LogP contribution >= 0.6 is 0 Å². The van der Waals surface area contributed by atoms with Crippen molar-refractivity contribution >= 4 is 10.0 Å². The Hall–Kier alpha value is -0.950. The maximum Gasteiger partial charge on any atom is 0.232 e. The van der Waals surface area contributed by atoms with E-state index in [2.05, 4.69) is 10.2 Å². The maximum absolute atomic E-state index is 10.5. The van der Waals surface area contributed by atoms with Crippen molar-refractivity contribution in [2.45, 2.75) is 12.7 Å². The van der Waals surface area contributed by atoms with Gasteiger partial charge >= 0.3 is 0 Å². The van der Waals surface area contributed by atoms with Crippen molar-refractivity contribution in [2.75, 3.05) is 0 Å². The molecule has 0 bridgehead atoms. The summed E-state index contributed by atoms with van der Waals surface area (Å²) in [6.45, 7) is 1.57. The van der Waals surface area contributed by atoms with Crippen LogP contribution < -0.4 is 5.14 Å². The Labute approximate surface area is 63.5 Å². The molecule has 1 aromatic rings. The zero-order valence-electron chi connectivity index (χ0n) is 5.81. The third-order valence-corrected chi connectivity index (χ3v) is 1.54. The number of primary sulfonamides is 1. The Kier molecular flexibility index (Phi) is 1.92. The van der Waals surface area contributed by atoms with Crippen LogP contribution in [0.25, 0.3) is 0 Å². The fourth-order valence-corrected chi connectivity index (χ4v) is 1.03. The van der Waals surface area contributed by atoms with Crippen LogP contribution in [0.1, 0.15) is 11.8 Å². The molecule has 7 heteroatoms. The smallest absolute Gasteiger partial charge is 0.232 e. The standard InChI is InChI=1S/C4H7N3O3S/c1-3-6-7-4(10-3)2-11(5,8)9/h2H2,1H3,(H2,5,8,9). The molecule has 0 radical (unpaired) electrons. The van der Waals surface area contributed by atoms with Gasteiger partial charge < -0.3 is 4.42 Å². The van der Waals surface area contributed by atoms with Gasteiger partial charge in [-0.3, -0.25) is 0 Å². The Morgan fingerprint density at radius 2 is 2.18 bits per heavy atom. The van der Waals surface area contributed by atoms with Crippen LogP contribution in [0.3, 0.4) is 0 Å². The molecular formula is C4H7N3O3S. The topological polar surface area (TPSA) is 99.1 Å². The lowest BCUT2D eigenvalue weighted by molar-refractivity contribution is 0.480. The van der Waals surface area contributed by atoms with E-state index in [1.165, 1.54) is 0 Å². The van der Waals surface area contributed by atoms with E-state index < -0.39 is 15.8 Å². The molecule has 2 N–H and O–H groups in total. The van der Waals surface area contributed by atoms with Crippen LogP contribution in [-0.4, -0.2) is 18.6 Å². The molecule has 0 aliphatic carbocycles. The van der Waals surface area contributed by atoms with Crippen molar-refractivity contribution in [1.82, 2.24) is 10.2 Å². The Balaban J connectivity index is 2.81. The van der Waals surface area contributed by atoms with Gasteiger partial charge in [-0.05, 0) is 0 Å². The fourth-order valence-electron chi connectivity index (χ4n) is 0.568. The van der Waals surface area contributed by atoms with E-state index in [9.17, 15) is 8.42 Å². The fraction of sp³-hybridized carbons (Fsp3) is 0.500. The highest BCUT2D eigenvalue weighted by Gasteiger charge is 2.10. The number of nitrogens with two attached hydrogens (primary N) is 1. The molecule has 62 valence electrons. The summed E-state index contributed by atoms with van der Waals surface area (Å²) in [4.78, 5) is 0. The Bertz CT molecular complexity index is 341. The zero-order chi connectivity index (χ0) is 8.48. The van der Waals surface area contributed by atoms with Gasteiger partial charge in [0.1, 0.15) is 5.75 Å². The van der Waals surface area contributed by atoms with E-state index in [0.29, 0.717) is 5.89 Å². The summed E-state index contributed by atoms with van der Waals surface area (Å²) in [5, 5.41) is 11.6. The van der Waals surface area contributed by atoms with Crippen molar-refractivity contribution in [3.05, 3.63) is 11.8 Å². The molecular weight excluding hydrogens is 170 g/mol. The van der Waals surface area contributed by atoms with Gasteiger partial charge in [-0.25, -0.2) is 13.6 Å². The first-order valence-corrected chi connectivity index (χ1v) is 4.48. The molecule has 1 heterocycles. The van der Waals surface area contributed by atoms with Gasteiger partial charge in [-0.15, -0.1) is 10.2 Å². The van der Waals surface area contributed by atoms with E-state index in [4.69, 9.17) is 9.56 Å². The van der Waals surface area contributed by atoms with E-state index in [1.54, 1.807) is 6.92 Å². The Morgan fingerprint density at radius 1 is 1.55 bits per heavy atom. The summed E-state index contributed by atoms with van der Waals surface area (Å²) in [5.41, 5.74) is 0. The van der Waals surface area contributed by atoms with Crippen LogP contribution in [0, 0.1) is 6.92 Å². The quantitative estimate of drug-likeness (QED) is 0.635. The van der Waals surface area contributed by atoms with Crippen LogP contribution in [0.2, 0.25) is 0 Å². The second-order valence-corrected chi connectivity index (χ2v) is 3.64. The van der Waals surface area contributed by atoms with Crippen molar-refractivity contribution in [3.63, 3.8) is 0 Å². The van der Waals surface area contributed by atoms with E-state index in [-0.39, 0.29) is 5.89 Å². The highest BCUT2D eigenvalue weighted by Crippen LogP contribution is 2.00. The molecule has 0 saturated heterocycles. The number of aromatic nitrogens is 2. The minimum Gasteiger partial charge on any atom is -0.424 e. The lowest BCUT2D eigenvalue weighted by Crippen LogP contribution is -2.14. The zero-order valence-corrected chi connectivity index (χ0v) is 6.63. The van der Waals surface area contributed by atoms with E-state index in [0.717, 1.165) is 0 Å². The molecule has 0 unspecified atom stereocenters. The van der Waals surface area contributed by atoms with Gasteiger partial charge in [0.25, 0.3) is 0 Å². The third kappa shape index (κ3) is 2.64. The average Bonchev–Trinajstić information content (AvgIpc) is 2.10. The van der Waals surface area contributed by atoms with Crippen molar-refractivity contribution in [3.8, 4) is 0 Å². The van der Waals surface area contributed by atoms with Crippen LogP contribution in [0.5, 0.6) is 0 Å². The number of nitrogens with zero attached hydrogens (tertiary/aromatic N) is 2. The number of hydrogen-bond donors (Lipinski definition) is 1. The predicted molar refractivity (Wildman–Crippen MR) is 35.8 cm³/mol. The summed E-state index contributed by atoms with van der Waals surface area (Å²) in [5.74, 6) is -0.0675. The molecule has 0 saturated carbocycles. The first-order valence-electron chi connectivity index (χ1n) is 2.77. The summed E-state index contributed by atoms with van der Waals surface area (Å²) >= 11 is 0. The largest absolute Gasteiger partial charge is 0.424 e. The molecule has 0 spiro atoms. The normalized spacial score (nSPS) is 11.8. The van der Waals surface area contributed by atoms with Gasteiger partial charge in [0.2, 0.25) is 21.8 Å². The lowest BCUT2D eigenvalue weighted by Gasteiger charge is -1.88. The molecule has 1 rings (SSSR count). The van der Waals surface area contributed by atoms with Gasteiger partial charge in [-0.1, -0.05) is 0 Å². The second-order valence-electron chi connectivity index (χ2n) is 2.02. The third-order valence-electron chi connectivity index (χ3n) is 0.893. The van der Waals surface area contributed by atoms with Crippen LogP contribution in [0.4, 0.5) is 0 Å². The lowest BCUT2D eigenvalue weighted by atomic mass is 10.8. The number of hydrogen-bond acceptors (Lipinski definition) is 5. The first kappa shape index (κ1) is 8.15. The molecule has 0 aromatic carbocycles. The van der Waals surface area contributed by atoms with Gasteiger partial charge in [-0.2, -0.15) is 0 Å². The number of aryl methyl sites for hydroxylation is 1. The molecule has 0 fully saturated rings. The minimum absolute atomic E-state index is 0.0185. The highest BCUT2D eigenvalue weighted by atomic mass is 32.2. The summed E-state index contributed by atoms with van der Waals surface area (Å²) in [6, 6.07) is 0. The van der Waals surface area contributed by atoms with Gasteiger partial charge in [0, 0.05) is 6.92 Å². The van der Waals surface area contributed by atoms with E-state index >= 15 is 0 Å². The summed E-state index contributed by atoms with van der Waals surface area (Å²) in [7, 11) is -3.56. The average molecular weight is 177 g/mol. The molecule has 0 aliphatic heterocycles. The van der Waals surface area contributed by atoms with Crippen molar-refractivity contribution in [2.24, 2.45) is 5.14 Å². The van der Waals surface area contributed by atoms with Crippen molar-refractivity contribution < 1.29 is 12.8 Å².